The standard InChI is InChI=1S/C15H22N4O3/c1-18-6-8-19(9-7-18)5-4-15(22)17-16-11-12-2-3-13(20)10-14(12)21/h2-3,10-11,20-21H,4-9H2,1H3,(H,17,22)/p+2/b16-11+. The molecule has 1 aliphatic heterocycles. The van der Waals surface area contributed by atoms with Crippen molar-refractivity contribution >= 4 is 12.1 Å². The number of carbonyl (C=O) groups is 1. The Balaban J connectivity index is 1.72. The van der Waals surface area contributed by atoms with Crippen LogP contribution in [-0.2, 0) is 4.79 Å². The molecule has 0 radical (unpaired) electrons. The Labute approximate surface area is 129 Å². The zero-order valence-corrected chi connectivity index (χ0v) is 12.8. The fraction of sp³-hybridized carbons (Fsp3) is 0.467. The Morgan fingerprint density at radius 1 is 1.32 bits per heavy atom. The molecule has 0 atom stereocenters. The highest BCUT2D eigenvalue weighted by Gasteiger charge is 2.20. The minimum Gasteiger partial charge on any atom is -0.508 e. The van der Waals surface area contributed by atoms with Crippen LogP contribution < -0.4 is 15.2 Å². The Bertz CT molecular complexity index is 540. The molecule has 1 saturated heterocycles. The van der Waals surface area contributed by atoms with E-state index in [1.165, 1.54) is 29.3 Å². The van der Waals surface area contributed by atoms with E-state index in [9.17, 15) is 15.0 Å². The van der Waals surface area contributed by atoms with Gasteiger partial charge < -0.3 is 20.0 Å². The summed E-state index contributed by atoms with van der Waals surface area (Å²) in [5, 5.41) is 22.6. The summed E-state index contributed by atoms with van der Waals surface area (Å²) in [4.78, 5) is 14.7. The molecule has 0 aromatic heterocycles. The lowest BCUT2D eigenvalue weighted by atomic mass is 10.2. The van der Waals surface area contributed by atoms with Crippen LogP contribution in [0.3, 0.4) is 0 Å². The van der Waals surface area contributed by atoms with Crippen LogP contribution in [0.15, 0.2) is 23.3 Å². The third kappa shape index (κ3) is 5.01. The van der Waals surface area contributed by atoms with Gasteiger partial charge in [-0.25, -0.2) is 5.43 Å². The summed E-state index contributed by atoms with van der Waals surface area (Å²) >= 11 is 0. The number of carbonyl (C=O) groups excluding carboxylic acids is 1. The summed E-state index contributed by atoms with van der Waals surface area (Å²) in [6.45, 7) is 5.32. The van der Waals surface area contributed by atoms with Gasteiger partial charge in [-0.05, 0) is 12.1 Å². The Morgan fingerprint density at radius 2 is 2.05 bits per heavy atom. The number of phenols is 2. The first kappa shape index (κ1) is 16.3. The Morgan fingerprint density at radius 3 is 2.73 bits per heavy atom. The second-order valence-electron chi connectivity index (χ2n) is 5.74. The third-order valence-corrected chi connectivity index (χ3v) is 3.92. The first-order chi connectivity index (χ1) is 10.5. The molecule has 2 rings (SSSR count). The fourth-order valence-corrected chi connectivity index (χ4v) is 2.44. The molecule has 1 heterocycles. The van der Waals surface area contributed by atoms with Gasteiger partial charge in [0.1, 0.15) is 37.7 Å². The maximum Gasteiger partial charge on any atom is 0.245 e. The molecule has 0 bridgehead atoms. The van der Waals surface area contributed by atoms with Crippen molar-refractivity contribution in [2.24, 2.45) is 5.10 Å². The monoisotopic (exact) mass is 308 g/mol. The number of hydrogen-bond donors (Lipinski definition) is 5. The van der Waals surface area contributed by atoms with Crippen LogP contribution in [0.5, 0.6) is 11.5 Å². The van der Waals surface area contributed by atoms with Gasteiger partial charge in [-0.1, -0.05) is 0 Å². The van der Waals surface area contributed by atoms with Crippen LogP contribution in [0.1, 0.15) is 12.0 Å². The van der Waals surface area contributed by atoms with Gasteiger partial charge in [0.15, 0.2) is 0 Å². The zero-order valence-electron chi connectivity index (χ0n) is 12.8. The maximum absolute atomic E-state index is 11.7. The van der Waals surface area contributed by atoms with Crippen LogP contribution >= 0.6 is 0 Å². The number of rotatable bonds is 5. The molecule has 120 valence electrons. The lowest BCUT2D eigenvalue weighted by Gasteiger charge is -2.26. The number of aromatic hydroxyl groups is 2. The topological polar surface area (TPSA) is 90.8 Å². The molecule has 7 heteroatoms. The number of hydrogen-bond acceptors (Lipinski definition) is 4. The minimum atomic E-state index is -0.131. The first-order valence-electron chi connectivity index (χ1n) is 7.53. The highest BCUT2D eigenvalue weighted by atomic mass is 16.3. The van der Waals surface area contributed by atoms with Crippen molar-refractivity contribution in [1.29, 1.82) is 0 Å². The van der Waals surface area contributed by atoms with Gasteiger partial charge in [0.05, 0.1) is 26.2 Å². The number of quaternary nitrogens is 2. The number of benzene rings is 1. The maximum atomic E-state index is 11.7. The molecule has 0 aliphatic carbocycles. The van der Waals surface area contributed by atoms with Crippen LogP contribution in [0.2, 0.25) is 0 Å². The summed E-state index contributed by atoms with van der Waals surface area (Å²) in [7, 11) is 2.19. The number of hydrazone groups is 1. The molecule has 1 amide bonds. The van der Waals surface area contributed by atoms with Gasteiger partial charge >= 0.3 is 0 Å². The van der Waals surface area contributed by atoms with Crippen molar-refractivity contribution in [1.82, 2.24) is 5.43 Å². The van der Waals surface area contributed by atoms with E-state index >= 15 is 0 Å². The van der Waals surface area contributed by atoms with Crippen molar-refractivity contribution in [2.75, 3.05) is 39.8 Å². The average molecular weight is 308 g/mol. The van der Waals surface area contributed by atoms with Crippen molar-refractivity contribution in [3.8, 4) is 11.5 Å². The number of nitrogens with one attached hydrogen (secondary N) is 3. The molecule has 1 aliphatic rings. The summed E-state index contributed by atoms with van der Waals surface area (Å²) in [6, 6.07) is 4.19. The molecule has 0 saturated carbocycles. The number of likely N-dealkylation sites (N-methyl/N-ethyl adjacent to an activating group) is 1. The smallest absolute Gasteiger partial charge is 0.245 e. The van der Waals surface area contributed by atoms with Crippen molar-refractivity contribution < 1.29 is 24.8 Å². The molecule has 5 N–H and O–H groups in total. The molecule has 0 spiro atoms. The van der Waals surface area contributed by atoms with Crippen molar-refractivity contribution in [3.63, 3.8) is 0 Å². The average Bonchev–Trinajstić information content (AvgIpc) is 2.49. The molecule has 1 aromatic rings. The second kappa shape index (κ2) is 7.77. The summed E-state index contributed by atoms with van der Waals surface area (Å²) < 4.78 is 0. The quantitative estimate of drug-likeness (QED) is 0.304. The molecular weight excluding hydrogens is 284 g/mol. The molecule has 22 heavy (non-hydrogen) atoms. The molecule has 1 fully saturated rings. The lowest BCUT2D eigenvalue weighted by molar-refractivity contribution is -1.00. The van der Waals surface area contributed by atoms with Gasteiger partial charge in [-0.3, -0.25) is 4.79 Å². The van der Waals surface area contributed by atoms with E-state index in [0.29, 0.717) is 12.0 Å². The Kier molecular flexibility index (Phi) is 5.74. The zero-order chi connectivity index (χ0) is 15.9. The number of piperazine rings is 1. The highest BCUT2D eigenvalue weighted by molar-refractivity contribution is 5.85. The van der Waals surface area contributed by atoms with E-state index in [4.69, 9.17) is 0 Å². The van der Waals surface area contributed by atoms with Crippen LogP contribution in [0.4, 0.5) is 0 Å². The van der Waals surface area contributed by atoms with E-state index in [2.05, 4.69) is 17.6 Å². The van der Waals surface area contributed by atoms with Crippen LogP contribution in [0, 0.1) is 0 Å². The van der Waals surface area contributed by atoms with Gasteiger partial charge in [0, 0.05) is 11.6 Å². The predicted molar refractivity (Wildman–Crippen MR) is 82.3 cm³/mol. The second-order valence-corrected chi connectivity index (χ2v) is 5.74. The van der Waals surface area contributed by atoms with E-state index < -0.39 is 0 Å². The number of phenolic OH excluding ortho intramolecular Hbond substituents is 2. The lowest BCUT2D eigenvalue weighted by Crippen LogP contribution is -3.27. The van der Waals surface area contributed by atoms with Gasteiger partial charge in [-0.2, -0.15) is 5.10 Å². The summed E-state index contributed by atoms with van der Waals surface area (Å²) in [5.74, 6) is -0.230. The largest absolute Gasteiger partial charge is 0.508 e. The normalized spacial score (nSPS) is 21.9. The van der Waals surface area contributed by atoms with E-state index in [-0.39, 0.29) is 17.4 Å². The van der Waals surface area contributed by atoms with Gasteiger partial charge in [-0.15, -0.1) is 0 Å². The van der Waals surface area contributed by atoms with E-state index in [0.717, 1.165) is 32.7 Å². The SMILES string of the molecule is C[NH+]1CC[NH+](CCC(=O)N/N=C/c2ccc(O)cc2O)CC1. The van der Waals surface area contributed by atoms with Crippen molar-refractivity contribution in [2.45, 2.75) is 6.42 Å². The highest BCUT2D eigenvalue weighted by Crippen LogP contribution is 2.20. The number of nitrogens with zero attached hydrogens (tertiary/aromatic N) is 1. The first-order valence-corrected chi connectivity index (χ1v) is 7.53. The fourth-order valence-electron chi connectivity index (χ4n) is 2.44. The Hall–Kier alpha value is -2.12. The van der Waals surface area contributed by atoms with Crippen LogP contribution in [0.25, 0.3) is 0 Å². The van der Waals surface area contributed by atoms with Crippen molar-refractivity contribution in [3.05, 3.63) is 23.8 Å². The molecule has 7 nitrogen and oxygen atoms in total. The summed E-state index contributed by atoms with van der Waals surface area (Å²) in [5.41, 5.74) is 2.90. The molecular formula is C15H24N4O3+2. The van der Waals surface area contributed by atoms with Gasteiger partial charge in [0.25, 0.3) is 0 Å². The van der Waals surface area contributed by atoms with E-state index in [1.54, 1.807) is 4.90 Å². The molecule has 1 aromatic carbocycles. The summed E-state index contributed by atoms with van der Waals surface area (Å²) in [6.07, 6.45) is 1.80. The van der Waals surface area contributed by atoms with Gasteiger partial charge in [0.2, 0.25) is 5.91 Å². The predicted octanol–water partition coefficient (Wildman–Crippen LogP) is -2.65. The third-order valence-electron chi connectivity index (χ3n) is 3.92. The van der Waals surface area contributed by atoms with Crippen LogP contribution in [-0.4, -0.2) is 62.1 Å². The molecule has 0 unspecified atom stereocenters. The number of amides is 1. The van der Waals surface area contributed by atoms with E-state index in [1.807, 2.05) is 0 Å². The minimum absolute atomic E-state index is 0.0179.